The minimum Gasteiger partial charge on any atom is -0.352 e. The largest absolute Gasteiger partial charge is 0.352 e. The molecule has 100 valence electrons. The van der Waals surface area contributed by atoms with Crippen molar-refractivity contribution in [1.29, 1.82) is 0 Å². The van der Waals surface area contributed by atoms with Crippen molar-refractivity contribution < 1.29 is 4.79 Å². The Bertz CT molecular complexity index is 223. The molecule has 0 atom stereocenters. The van der Waals surface area contributed by atoms with E-state index in [1.165, 1.54) is 51.4 Å². The summed E-state index contributed by atoms with van der Waals surface area (Å²) in [5.41, 5.74) is 0. The van der Waals surface area contributed by atoms with E-state index in [9.17, 15) is 4.79 Å². The predicted molar refractivity (Wildman–Crippen MR) is 72.5 cm³/mol. The highest BCUT2D eigenvalue weighted by atomic mass is 35.5. The van der Waals surface area contributed by atoms with Crippen molar-refractivity contribution in [1.82, 2.24) is 10.6 Å². The first-order valence-corrected chi connectivity index (χ1v) is 6.84. The lowest BCUT2D eigenvalue weighted by molar-refractivity contribution is -0.121. The van der Waals surface area contributed by atoms with E-state index in [0.717, 1.165) is 12.5 Å². The Hall–Kier alpha value is -0.280. The average molecular weight is 261 g/mol. The molecule has 0 aliphatic heterocycles. The third kappa shape index (κ3) is 6.27. The first-order chi connectivity index (χ1) is 7.84. The SMILES string of the molecule is Cl.O=C(CNCC1CC1)NC1CCCCCC1. The Labute approximate surface area is 111 Å². The highest BCUT2D eigenvalue weighted by molar-refractivity contribution is 5.85. The summed E-state index contributed by atoms with van der Waals surface area (Å²) in [6.45, 7) is 1.53. The minimum atomic E-state index is 0. The molecule has 0 heterocycles. The van der Waals surface area contributed by atoms with Crippen LogP contribution in [0.1, 0.15) is 51.4 Å². The Morgan fingerprint density at radius 1 is 1.00 bits per heavy atom. The fraction of sp³-hybridized carbons (Fsp3) is 0.923. The molecular weight excluding hydrogens is 236 g/mol. The molecular formula is C13H25ClN2O. The zero-order chi connectivity index (χ0) is 11.2. The van der Waals surface area contributed by atoms with Gasteiger partial charge in [0.05, 0.1) is 6.54 Å². The van der Waals surface area contributed by atoms with Crippen LogP contribution in [0, 0.1) is 5.92 Å². The van der Waals surface area contributed by atoms with E-state index in [-0.39, 0.29) is 18.3 Å². The lowest BCUT2D eigenvalue weighted by atomic mass is 10.1. The van der Waals surface area contributed by atoms with Gasteiger partial charge in [-0.05, 0) is 38.1 Å². The van der Waals surface area contributed by atoms with Gasteiger partial charge in [0, 0.05) is 6.04 Å². The van der Waals surface area contributed by atoms with Crippen LogP contribution in [-0.4, -0.2) is 25.0 Å². The van der Waals surface area contributed by atoms with E-state index in [1.807, 2.05) is 0 Å². The average Bonchev–Trinajstić information content (AvgIpc) is 3.05. The second-order valence-electron chi connectivity index (χ2n) is 5.33. The molecule has 1 amide bonds. The molecule has 2 aliphatic rings. The third-order valence-electron chi connectivity index (χ3n) is 3.64. The summed E-state index contributed by atoms with van der Waals surface area (Å²) >= 11 is 0. The standard InChI is InChI=1S/C13H24N2O.ClH/c16-13(10-14-9-11-7-8-11)15-12-5-3-1-2-4-6-12;/h11-12,14H,1-10H2,(H,15,16);1H. The van der Waals surface area contributed by atoms with E-state index >= 15 is 0 Å². The van der Waals surface area contributed by atoms with Crippen LogP contribution in [0.3, 0.4) is 0 Å². The topological polar surface area (TPSA) is 41.1 Å². The molecule has 2 N–H and O–H groups in total. The van der Waals surface area contributed by atoms with Crippen LogP contribution in [0.2, 0.25) is 0 Å². The Morgan fingerprint density at radius 3 is 2.24 bits per heavy atom. The molecule has 3 nitrogen and oxygen atoms in total. The van der Waals surface area contributed by atoms with Crippen molar-refractivity contribution in [3.8, 4) is 0 Å². The fourth-order valence-electron chi connectivity index (χ4n) is 2.41. The fourth-order valence-corrected chi connectivity index (χ4v) is 2.41. The monoisotopic (exact) mass is 260 g/mol. The quantitative estimate of drug-likeness (QED) is 0.745. The molecule has 2 aliphatic carbocycles. The van der Waals surface area contributed by atoms with Crippen molar-refractivity contribution in [2.24, 2.45) is 5.92 Å². The van der Waals surface area contributed by atoms with Crippen molar-refractivity contribution in [3.05, 3.63) is 0 Å². The first kappa shape index (κ1) is 14.8. The van der Waals surface area contributed by atoms with Crippen LogP contribution in [0.5, 0.6) is 0 Å². The van der Waals surface area contributed by atoms with Crippen LogP contribution in [0.25, 0.3) is 0 Å². The van der Waals surface area contributed by atoms with Gasteiger partial charge in [0.25, 0.3) is 0 Å². The second-order valence-corrected chi connectivity index (χ2v) is 5.33. The smallest absolute Gasteiger partial charge is 0.234 e. The summed E-state index contributed by atoms with van der Waals surface area (Å²) < 4.78 is 0. The maximum Gasteiger partial charge on any atom is 0.234 e. The zero-order valence-corrected chi connectivity index (χ0v) is 11.4. The molecule has 0 aromatic carbocycles. The Morgan fingerprint density at radius 2 is 1.65 bits per heavy atom. The van der Waals surface area contributed by atoms with Crippen LogP contribution in [0.4, 0.5) is 0 Å². The normalized spacial score (nSPS) is 21.4. The van der Waals surface area contributed by atoms with Gasteiger partial charge in [0.15, 0.2) is 0 Å². The number of carbonyl (C=O) groups excluding carboxylic acids is 1. The molecule has 17 heavy (non-hydrogen) atoms. The van der Waals surface area contributed by atoms with E-state index in [0.29, 0.717) is 12.6 Å². The highest BCUT2D eigenvalue weighted by Gasteiger charge is 2.21. The number of halogens is 1. The Balaban J connectivity index is 0.00000144. The summed E-state index contributed by atoms with van der Waals surface area (Å²) in [4.78, 5) is 11.7. The molecule has 0 radical (unpaired) electrons. The van der Waals surface area contributed by atoms with E-state index in [1.54, 1.807) is 0 Å². The lowest BCUT2D eigenvalue weighted by Crippen LogP contribution is -2.40. The number of amides is 1. The predicted octanol–water partition coefficient (Wildman–Crippen LogP) is 2.25. The third-order valence-corrected chi connectivity index (χ3v) is 3.64. The summed E-state index contributed by atoms with van der Waals surface area (Å²) in [5, 5.41) is 6.39. The number of hydrogen-bond acceptors (Lipinski definition) is 2. The molecule has 4 heteroatoms. The highest BCUT2D eigenvalue weighted by Crippen LogP contribution is 2.27. The summed E-state index contributed by atoms with van der Waals surface area (Å²) in [5.74, 6) is 1.04. The van der Waals surface area contributed by atoms with E-state index in [4.69, 9.17) is 0 Å². The molecule has 0 aromatic heterocycles. The molecule has 2 rings (SSSR count). The molecule has 0 bridgehead atoms. The van der Waals surface area contributed by atoms with Crippen molar-refractivity contribution in [3.63, 3.8) is 0 Å². The van der Waals surface area contributed by atoms with Crippen LogP contribution < -0.4 is 10.6 Å². The van der Waals surface area contributed by atoms with Crippen molar-refractivity contribution in [2.75, 3.05) is 13.1 Å². The van der Waals surface area contributed by atoms with Crippen LogP contribution in [-0.2, 0) is 4.79 Å². The van der Waals surface area contributed by atoms with Crippen LogP contribution >= 0.6 is 12.4 Å². The molecule has 0 spiro atoms. The minimum absolute atomic E-state index is 0. The van der Waals surface area contributed by atoms with Gasteiger partial charge in [-0.1, -0.05) is 25.7 Å². The van der Waals surface area contributed by atoms with Gasteiger partial charge in [-0.25, -0.2) is 0 Å². The van der Waals surface area contributed by atoms with E-state index < -0.39 is 0 Å². The summed E-state index contributed by atoms with van der Waals surface area (Å²) in [7, 11) is 0. The maximum atomic E-state index is 11.7. The van der Waals surface area contributed by atoms with Gasteiger partial charge in [0.2, 0.25) is 5.91 Å². The molecule has 2 fully saturated rings. The number of carbonyl (C=O) groups is 1. The van der Waals surface area contributed by atoms with E-state index in [2.05, 4.69) is 10.6 Å². The first-order valence-electron chi connectivity index (χ1n) is 6.84. The van der Waals surface area contributed by atoms with Crippen LogP contribution in [0.15, 0.2) is 0 Å². The molecule has 0 aromatic rings. The van der Waals surface area contributed by atoms with Gasteiger partial charge >= 0.3 is 0 Å². The summed E-state index contributed by atoms with van der Waals surface area (Å²) in [6, 6.07) is 0.442. The second kappa shape index (κ2) is 7.93. The lowest BCUT2D eigenvalue weighted by Gasteiger charge is -2.16. The zero-order valence-electron chi connectivity index (χ0n) is 10.5. The van der Waals surface area contributed by atoms with Gasteiger partial charge in [0.1, 0.15) is 0 Å². The van der Waals surface area contributed by atoms with Gasteiger partial charge < -0.3 is 10.6 Å². The van der Waals surface area contributed by atoms with Gasteiger partial charge in [-0.2, -0.15) is 0 Å². The number of hydrogen-bond donors (Lipinski definition) is 2. The molecule has 0 unspecified atom stereocenters. The molecule has 2 saturated carbocycles. The Kier molecular flexibility index (Phi) is 6.90. The van der Waals surface area contributed by atoms with Crippen molar-refractivity contribution in [2.45, 2.75) is 57.4 Å². The van der Waals surface area contributed by atoms with Crippen molar-refractivity contribution >= 4 is 18.3 Å². The van der Waals surface area contributed by atoms with Gasteiger partial charge in [-0.3, -0.25) is 4.79 Å². The maximum absolute atomic E-state index is 11.7. The number of nitrogens with one attached hydrogen (secondary N) is 2. The number of rotatable bonds is 5. The molecule has 0 saturated heterocycles. The van der Waals surface area contributed by atoms with Gasteiger partial charge in [-0.15, -0.1) is 12.4 Å². The summed E-state index contributed by atoms with van der Waals surface area (Å²) in [6.07, 6.45) is 10.3.